The summed E-state index contributed by atoms with van der Waals surface area (Å²) in [5.41, 5.74) is 3.12. The summed E-state index contributed by atoms with van der Waals surface area (Å²) < 4.78 is 18.7. The molecule has 0 unspecified atom stereocenters. The van der Waals surface area contributed by atoms with Crippen molar-refractivity contribution in [2.24, 2.45) is 0 Å². The van der Waals surface area contributed by atoms with Crippen LogP contribution in [0.5, 0.6) is 11.5 Å². The average molecular weight is 476 g/mol. The number of rotatable bonds is 6. The van der Waals surface area contributed by atoms with Crippen molar-refractivity contribution in [3.05, 3.63) is 88.7 Å². The number of carbonyl (C=O) groups is 2. The van der Waals surface area contributed by atoms with Gasteiger partial charge in [0.2, 0.25) is 0 Å². The number of ether oxygens (including phenoxy) is 1. The van der Waals surface area contributed by atoms with Crippen LogP contribution >= 0.6 is 0 Å². The van der Waals surface area contributed by atoms with Crippen molar-refractivity contribution < 1.29 is 23.8 Å². The topological polar surface area (TPSA) is 73.3 Å². The molecule has 0 atom stereocenters. The van der Waals surface area contributed by atoms with Gasteiger partial charge in [0.25, 0.3) is 11.8 Å². The Morgan fingerprint density at radius 2 is 1.63 bits per heavy atom. The number of carbonyl (C=O) groups excluding carboxylic acids is 2. The van der Waals surface area contributed by atoms with Gasteiger partial charge in [-0.15, -0.1) is 0 Å². The number of anilines is 1. The smallest absolute Gasteiger partial charge is 0.263 e. The summed E-state index contributed by atoms with van der Waals surface area (Å²) in [6, 6.07) is 16.7. The van der Waals surface area contributed by atoms with Crippen molar-refractivity contribution in [2.75, 3.05) is 38.2 Å². The first-order valence-electron chi connectivity index (χ1n) is 11.5. The minimum absolute atomic E-state index is 0.0338. The zero-order chi connectivity index (χ0) is 24.5. The number of fused-ring (bicyclic) bond motifs is 1. The molecule has 180 valence electrons. The van der Waals surface area contributed by atoms with Crippen molar-refractivity contribution in [3.8, 4) is 11.5 Å². The van der Waals surface area contributed by atoms with Crippen LogP contribution in [0.1, 0.15) is 31.8 Å². The van der Waals surface area contributed by atoms with Gasteiger partial charge in [0.1, 0.15) is 5.82 Å². The SMILES string of the molecule is COc1ccc(CN2CCN(c3cccc4c3C(=O)N(Cc3cccc(F)c3)C4=O)CC2)cc1O. The first kappa shape index (κ1) is 22.9. The molecule has 0 spiro atoms. The fourth-order valence-corrected chi connectivity index (χ4v) is 4.78. The van der Waals surface area contributed by atoms with Gasteiger partial charge in [-0.2, -0.15) is 0 Å². The van der Waals surface area contributed by atoms with Gasteiger partial charge < -0.3 is 14.7 Å². The number of hydrogen-bond donors (Lipinski definition) is 1. The zero-order valence-corrected chi connectivity index (χ0v) is 19.4. The van der Waals surface area contributed by atoms with E-state index >= 15 is 0 Å². The lowest BCUT2D eigenvalue weighted by Gasteiger charge is -2.36. The number of aromatic hydroxyl groups is 1. The van der Waals surface area contributed by atoms with Crippen LogP contribution < -0.4 is 9.64 Å². The fourth-order valence-electron chi connectivity index (χ4n) is 4.78. The van der Waals surface area contributed by atoms with E-state index in [1.54, 1.807) is 36.4 Å². The van der Waals surface area contributed by atoms with E-state index in [9.17, 15) is 19.1 Å². The monoisotopic (exact) mass is 475 g/mol. The van der Waals surface area contributed by atoms with Crippen LogP contribution in [0.25, 0.3) is 0 Å². The van der Waals surface area contributed by atoms with Crippen LogP contribution in [0.4, 0.5) is 10.1 Å². The molecule has 8 heteroatoms. The highest BCUT2D eigenvalue weighted by molar-refractivity contribution is 6.23. The molecule has 0 aliphatic carbocycles. The molecule has 0 radical (unpaired) electrons. The Hall–Kier alpha value is -3.91. The maximum absolute atomic E-state index is 13.6. The van der Waals surface area contributed by atoms with Crippen molar-refractivity contribution in [3.63, 3.8) is 0 Å². The van der Waals surface area contributed by atoms with E-state index in [2.05, 4.69) is 9.80 Å². The first-order valence-corrected chi connectivity index (χ1v) is 11.5. The highest BCUT2D eigenvalue weighted by Gasteiger charge is 2.38. The minimum Gasteiger partial charge on any atom is -0.504 e. The van der Waals surface area contributed by atoms with Gasteiger partial charge >= 0.3 is 0 Å². The highest BCUT2D eigenvalue weighted by atomic mass is 19.1. The first-order chi connectivity index (χ1) is 16.9. The summed E-state index contributed by atoms with van der Waals surface area (Å²) >= 11 is 0. The van der Waals surface area contributed by atoms with Gasteiger partial charge in [-0.3, -0.25) is 19.4 Å². The maximum Gasteiger partial charge on any atom is 0.263 e. The second kappa shape index (κ2) is 9.38. The van der Waals surface area contributed by atoms with Crippen LogP contribution in [0.15, 0.2) is 60.7 Å². The van der Waals surface area contributed by atoms with Crippen LogP contribution in [-0.4, -0.2) is 60.0 Å². The quantitative estimate of drug-likeness (QED) is 0.549. The molecule has 0 saturated carbocycles. The van der Waals surface area contributed by atoms with E-state index in [0.717, 1.165) is 24.3 Å². The second-order valence-corrected chi connectivity index (χ2v) is 8.80. The van der Waals surface area contributed by atoms with E-state index < -0.39 is 5.82 Å². The summed E-state index contributed by atoms with van der Waals surface area (Å²) in [4.78, 5) is 31.9. The van der Waals surface area contributed by atoms with E-state index in [1.807, 2.05) is 12.1 Å². The third-order valence-electron chi connectivity index (χ3n) is 6.57. The van der Waals surface area contributed by atoms with Crippen molar-refractivity contribution in [2.45, 2.75) is 13.1 Å². The number of hydrogen-bond acceptors (Lipinski definition) is 6. The predicted molar refractivity (Wildman–Crippen MR) is 129 cm³/mol. The summed E-state index contributed by atoms with van der Waals surface area (Å²) in [6.45, 7) is 3.66. The molecule has 2 amide bonds. The Labute approximate surface area is 202 Å². The zero-order valence-electron chi connectivity index (χ0n) is 19.4. The molecular formula is C27H26FN3O4. The molecule has 2 heterocycles. The van der Waals surface area contributed by atoms with Gasteiger partial charge in [0, 0.05) is 32.7 Å². The number of phenols is 1. The number of piperazine rings is 1. The Morgan fingerprint density at radius 3 is 2.34 bits per heavy atom. The largest absolute Gasteiger partial charge is 0.504 e. The molecule has 2 aliphatic rings. The summed E-state index contributed by atoms with van der Waals surface area (Å²) in [5.74, 6) is -0.533. The minimum atomic E-state index is -0.400. The average Bonchev–Trinajstić information content (AvgIpc) is 3.10. The number of nitrogens with zero attached hydrogens (tertiary/aromatic N) is 3. The number of benzene rings is 3. The Morgan fingerprint density at radius 1 is 0.886 bits per heavy atom. The Balaban J connectivity index is 1.29. The standard InChI is InChI=1S/C27H26FN3O4/c1-35-24-9-8-19(15-23(24)32)16-29-10-12-30(13-11-29)22-7-3-6-21-25(22)27(34)31(26(21)33)17-18-4-2-5-20(28)14-18/h2-9,14-15,32H,10-13,16-17H2,1H3. The fraction of sp³-hybridized carbons (Fsp3) is 0.259. The van der Waals surface area contributed by atoms with Crippen LogP contribution in [0.3, 0.4) is 0 Å². The number of halogens is 1. The van der Waals surface area contributed by atoms with E-state index in [0.29, 0.717) is 42.1 Å². The lowest BCUT2D eigenvalue weighted by Crippen LogP contribution is -2.46. The maximum atomic E-state index is 13.6. The lowest BCUT2D eigenvalue weighted by atomic mass is 10.1. The number of imide groups is 1. The molecule has 1 saturated heterocycles. The highest BCUT2D eigenvalue weighted by Crippen LogP contribution is 2.33. The molecule has 7 nitrogen and oxygen atoms in total. The second-order valence-electron chi connectivity index (χ2n) is 8.80. The molecule has 1 N–H and O–H groups in total. The molecule has 0 bridgehead atoms. The predicted octanol–water partition coefficient (Wildman–Crippen LogP) is 3.66. The van der Waals surface area contributed by atoms with E-state index in [4.69, 9.17) is 4.74 Å². The molecule has 5 rings (SSSR count). The molecule has 2 aliphatic heterocycles. The molecule has 3 aromatic carbocycles. The number of phenolic OH excluding ortho intramolecular Hbond substituents is 1. The van der Waals surface area contributed by atoms with E-state index in [1.165, 1.54) is 24.1 Å². The normalized spacial score (nSPS) is 16.1. The molecule has 0 aromatic heterocycles. The van der Waals surface area contributed by atoms with Gasteiger partial charge in [-0.05, 0) is 47.5 Å². The van der Waals surface area contributed by atoms with Crippen LogP contribution in [0, 0.1) is 5.82 Å². The summed E-state index contributed by atoms with van der Waals surface area (Å²) in [6.07, 6.45) is 0. The number of amides is 2. The molecule has 1 fully saturated rings. The molecular weight excluding hydrogens is 449 g/mol. The summed E-state index contributed by atoms with van der Waals surface area (Å²) in [7, 11) is 1.52. The van der Waals surface area contributed by atoms with Gasteiger partial charge in [-0.25, -0.2) is 4.39 Å². The Kier molecular flexibility index (Phi) is 6.13. The van der Waals surface area contributed by atoms with Gasteiger partial charge in [0.15, 0.2) is 11.5 Å². The van der Waals surface area contributed by atoms with Gasteiger partial charge in [0.05, 0.1) is 30.5 Å². The lowest BCUT2D eigenvalue weighted by molar-refractivity contribution is 0.0642. The van der Waals surface area contributed by atoms with Crippen LogP contribution in [0.2, 0.25) is 0 Å². The van der Waals surface area contributed by atoms with Crippen molar-refractivity contribution in [1.82, 2.24) is 9.80 Å². The summed E-state index contributed by atoms with van der Waals surface area (Å²) in [5, 5.41) is 10.0. The number of methoxy groups -OCH3 is 1. The Bertz CT molecular complexity index is 1290. The molecule has 3 aromatic rings. The third kappa shape index (κ3) is 4.44. The third-order valence-corrected chi connectivity index (χ3v) is 6.57. The van der Waals surface area contributed by atoms with Crippen LogP contribution in [-0.2, 0) is 13.1 Å². The van der Waals surface area contributed by atoms with Gasteiger partial charge in [-0.1, -0.05) is 24.3 Å². The van der Waals surface area contributed by atoms with E-state index in [-0.39, 0.29) is 24.1 Å². The van der Waals surface area contributed by atoms with Crippen molar-refractivity contribution in [1.29, 1.82) is 0 Å². The molecule has 35 heavy (non-hydrogen) atoms. The van der Waals surface area contributed by atoms with Crippen molar-refractivity contribution >= 4 is 17.5 Å².